The summed E-state index contributed by atoms with van der Waals surface area (Å²) < 4.78 is 0. The zero-order chi connectivity index (χ0) is 10.3. The highest BCUT2D eigenvalue weighted by molar-refractivity contribution is 5.36. The first-order valence-corrected chi connectivity index (χ1v) is 3.98. The van der Waals surface area contributed by atoms with Gasteiger partial charge in [0.2, 0.25) is 0 Å². The fourth-order valence-corrected chi connectivity index (χ4v) is 0.464. The number of aliphatic hydroxyl groups is 1. The van der Waals surface area contributed by atoms with Gasteiger partial charge < -0.3 is 21.1 Å². The second-order valence-corrected chi connectivity index (χ2v) is 2.46. The summed E-state index contributed by atoms with van der Waals surface area (Å²) in [5, 5.41) is 25.5. The van der Waals surface area contributed by atoms with E-state index in [4.69, 9.17) is 21.1 Å². The minimum atomic E-state index is -0.616. The van der Waals surface area contributed by atoms with Crippen LogP contribution in [0, 0.1) is 0 Å². The zero-order valence-electron chi connectivity index (χ0n) is 7.51. The van der Waals surface area contributed by atoms with Crippen LogP contribution in [0.3, 0.4) is 0 Å². The van der Waals surface area contributed by atoms with E-state index in [0.29, 0.717) is 6.42 Å². The number of phenolic OH excluding ortho intramolecular Hbond substituents is 2. The molecule has 5 N–H and O–H groups in total. The lowest BCUT2D eigenvalue weighted by Crippen LogP contribution is -2.16. The largest absolute Gasteiger partial charge is 0.504 e. The lowest BCUT2D eigenvalue weighted by molar-refractivity contribution is 0.178. The van der Waals surface area contributed by atoms with E-state index >= 15 is 0 Å². The molecule has 4 nitrogen and oxygen atoms in total. The van der Waals surface area contributed by atoms with E-state index in [0.717, 1.165) is 0 Å². The van der Waals surface area contributed by atoms with Crippen LogP contribution in [-0.4, -0.2) is 21.5 Å². The summed E-state index contributed by atoms with van der Waals surface area (Å²) in [4.78, 5) is 0. The quantitative estimate of drug-likeness (QED) is 0.384. The van der Waals surface area contributed by atoms with Crippen molar-refractivity contribution in [1.82, 2.24) is 0 Å². The molecule has 74 valence electrons. The van der Waals surface area contributed by atoms with E-state index in [1.54, 1.807) is 12.1 Å². The summed E-state index contributed by atoms with van der Waals surface area (Å²) >= 11 is 0. The van der Waals surface area contributed by atoms with Crippen LogP contribution in [0.5, 0.6) is 11.5 Å². The Labute approximate surface area is 77.3 Å². The lowest BCUT2D eigenvalue weighted by Gasteiger charge is -1.91. The molecule has 0 aromatic heterocycles. The zero-order valence-corrected chi connectivity index (χ0v) is 7.51. The van der Waals surface area contributed by atoms with Gasteiger partial charge in [-0.15, -0.1) is 0 Å². The van der Waals surface area contributed by atoms with Crippen molar-refractivity contribution >= 4 is 0 Å². The Kier molecular flexibility index (Phi) is 5.67. The predicted octanol–water partition coefficient (Wildman–Crippen LogP) is 0.771. The number of aliphatic hydroxyl groups excluding tert-OH is 1. The van der Waals surface area contributed by atoms with Gasteiger partial charge in [-0.1, -0.05) is 19.1 Å². The third-order valence-electron chi connectivity index (χ3n) is 1.30. The maximum absolute atomic E-state index is 8.67. The molecule has 13 heavy (non-hydrogen) atoms. The maximum Gasteiger partial charge on any atom is 0.157 e. The van der Waals surface area contributed by atoms with Gasteiger partial charge in [-0.2, -0.15) is 0 Å². The Bertz CT molecular complexity index is 217. The fourth-order valence-electron chi connectivity index (χ4n) is 0.464. The Morgan fingerprint density at radius 3 is 1.69 bits per heavy atom. The number of rotatable bonds is 1. The van der Waals surface area contributed by atoms with E-state index in [9.17, 15) is 0 Å². The molecule has 0 heterocycles. The third-order valence-corrected chi connectivity index (χ3v) is 1.30. The Morgan fingerprint density at radius 2 is 1.54 bits per heavy atom. The lowest BCUT2D eigenvalue weighted by atomic mass is 10.3. The van der Waals surface area contributed by atoms with Gasteiger partial charge in [0.1, 0.15) is 6.23 Å². The molecule has 1 unspecified atom stereocenters. The van der Waals surface area contributed by atoms with Crippen molar-refractivity contribution in [2.45, 2.75) is 19.6 Å². The van der Waals surface area contributed by atoms with Crippen LogP contribution in [0.1, 0.15) is 13.3 Å². The molecular formula is C9H15NO3. The van der Waals surface area contributed by atoms with Gasteiger partial charge in [0, 0.05) is 0 Å². The smallest absolute Gasteiger partial charge is 0.157 e. The minimum Gasteiger partial charge on any atom is -0.504 e. The maximum atomic E-state index is 8.67. The average molecular weight is 185 g/mol. The topological polar surface area (TPSA) is 86.7 Å². The Balaban J connectivity index is 0.000000252. The van der Waals surface area contributed by atoms with Gasteiger partial charge >= 0.3 is 0 Å². The molecule has 0 spiro atoms. The number of phenols is 2. The highest BCUT2D eigenvalue weighted by Crippen LogP contribution is 2.21. The third kappa shape index (κ3) is 5.95. The molecule has 0 aliphatic carbocycles. The van der Waals surface area contributed by atoms with Crippen LogP contribution in [-0.2, 0) is 0 Å². The molecule has 0 amide bonds. The summed E-state index contributed by atoms with van der Waals surface area (Å²) in [5.74, 6) is -0.153. The van der Waals surface area contributed by atoms with E-state index in [1.165, 1.54) is 12.1 Å². The molecule has 1 aromatic carbocycles. The fraction of sp³-hybridized carbons (Fsp3) is 0.333. The van der Waals surface area contributed by atoms with E-state index in [-0.39, 0.29) is 11.5 Å². The predicted molar refractivity (Wildman–Crippen MR) is 50.3 cm³/mol. The number of nitrogens with two attached hydrogens (primary N) is 1. The molecule has 1 rings (SSSR count). The summed E-state index contributed by atoms with van der Waals surface area (Å²) in [7, 11) is 0. The van der Waals surface area contributed by atoms with Gasteiger partial charge in [-0.25, -0.2) is 0 Å². The number of hydrogen-bond acceptors (Lipinski definition) is 4. The van der Waals surface area contributed by atoms with Crippen molar-refractivity contribution in [2.24, 2.45) is 5.73 Å². The number of para-hydroxylation sites is 2. The highest BCUT2D eigenvalue weighted by atomic mass is 16.3. The standard InChI is InChI=1S/C6H6O2.C3H9NO/c7-5-3-1-2-4-6(5)8;1-2-3(4)5/h1-4,7-8H;3,5H,2,4H2,1H3. The molecular weight excluding hydrogens is 170 g/mol. The van der Waals surface area contributed by atoms with Crippen LogP contribution in [0.2, 0.25) is 0 Å². The molecule has 4 heteroatoms. The van der Waals surface area contributed by atoms with Crippen LogP contribution < -0.4 is 5.73 Å². The van der Waals surface area contributed by atoms with Gasteiger partial charge in [0.15, 0.2) is 11.5 Å². The minimum absolute atomic E-state index is 0.0764. The second kappa shape index (κ2) is 6.28. The van der Waals surface area contributed by atoms with Crippen molar-refractivity contribution in [2.75, 3.05) is 0 Å². The molecule has 0 fully saturated rings. The van der Waals surface area contributed by atoms with Gasteiger partial charge in [0.25, 0.3) is 0 Å². The molecule has 0 saturated heterocycles. The summed E-state index contributed by atoms with van der Waals surface area (Å²) in [5.41, 5.74) is 4.85. The normalized spacial score (nSPS) is 11.3. The average Bonchev–Trinajstić information content (AvgIpc) is 2.11. The van der Waals surface area contributed by atoms with Crippen LogP contribution in [0.15, 0.2) is 24.3 Å². The van der Waals surface area contributed by atoms with E-state index < -0.39 is 6.23 Å². The molecule has 0 aliphatic rings. The molecule has 1 atom stereocenters. The number of hydrogen-bond donors (Lipinski definition) is 4. The molecule has 0 radical (unpaired) electrons. The monoisotopic (exact) mass is 185 g/mol. The summed E-state index contributed by atoms with van der Waals surface area (Å²) in [6.07, 6.45) is 0.0231. The van der Waals surface area contributed by atoms with Crippen molar-refractivity contribution in [3.05, 3.63) is 24.3 Å². The van der Waals surface area contributed by atoms with Crippen LogP contribution in [0.25, 0.3) is 0 Å². The van der Waals surface area contributed by atoms with E-state index in [2.05, 4.69) is 0 Å². The van der Waals surface area contributed by atoms with Gasteiger partial charge in [-0.05, 0) is 18.6 Å². The number of benzene rings is 1. The van der Waals surface area contributed by atoms with Crippen molar-refractivity contribution in [3.8, 4) is 11.5 Å². The first kappa shape index (κ1) is 11.7. The molecule has 1 aromatic rings. The molecule has 0 saturated carbocycles. The second-order valence-electron chi connectivity index (χ2n) is 2.46. The Hall–Kier alpha value is -1.26. The number of aromatic hydroxyl groups is 2. The van der Waals surface area contributed by atoms with Crippen molar-refractivity contribution in [3.63, 3.8) is 0 Å². The van der Waals surface area contributed by atoms with Gasteiger partial charge in [-0.3, -0.25) is 0 Å². The summed E-state index contributed by atoms with van der Waals surface area (Å²) in [6, 6.07) is 6.15. The first-order chi connectivity index (χ1) is 6.07. The van der Waals surface area contributed by atoms with Crippen molar-refractivity contribution in [1.29, 1.82) is 0 Å². The van der Waals surface area contributed by atoms with Gasteiger partial charge in [0.05, 0.1) is 0 Å². The van der Waals surface area contributed by atoms with Crippen molar-refractivity contribution < 1.29 is 15.3 Å². The van der Waals surface area contributed by atoms with E-state index in [1.807, 2.05) is 6.92 Å². The van der Waals surface area contributed by atoms with Crippen LogP contribution >= 0.6 is 0 Å². The SMILES string of the molecule is CCC(N)O.Oc1ccccc1O. The first-order valence-electron chi connectivity index (χ1n) is 3.98. The Morgan fingerprint density at radius 1 is 1.23 bits per heavy atom. The summed E-state index contributed by atoms with van der Waals surface area (Å²) in [6.45, 7) is 1.82. The molecule has 0 aliphatic heterocycles. The molecule has 0 bridgehead atoms. The van der Waals surface area contributed by atoms with Crippen LogP contribution in [0.4, 0.5) is 0 Å². The highest BCUT2D eigenvalue weighted by Gasteiger charge is 1.90.